The van der Waals surface area contributed by atoms with E-state index in [1.165, 1.54) is 6.33 Å². The number of benzene rings is 1. The molecule has 2 aromatic rings. The van der Waals surface area contributed by atoms with Crippen LogP contribution < -0.4 is 11.3 Å². The van der Waals surface area contributed by atoms with Crippen LogP contribution in [0.1, 0.15) is 17.3 Å². The summed E-state index contributed by atoms with van der Waals surface area (Å²) in [4.78, 5) is 8.05. The SMILES string of the molecule is NNC(Cc1ccc(Cl)cc1Cl)c1ccncn1. The van der Waals surface area contributed by atoms with Gasteiger partial charge < -0.3 is 0 Å². The van der Waals surface area contributed by atoms with E-state index in [0.29, 0.717) is 16.5 Å². The molecule has 0 bridgehead atoms. The fourth-order valence-electron chi connectivity index (χ4n) is 1.66. The van der Waals surface area contributed by atoms with Gasteiger partial charge in [-0.15, -0.1) is 0 Å². The van der Waals surface area contributed by atoms with E-state index in [2.05, 4.69) is 15.4 Å². The molecular weight excluding hydrogens is 271 g/mol. The Morgan fingerprint density at radius 3 is 2.72 bits per heavy atom. The average molecular weight is 283 g/mol. The van der Waals surface area contributed by atoms with Crippen molar-refractivity contribution in [2.45, 2.75) is 12.5 Å². The van der Waals surface area contributed by atoms with Gasteiger partial charge in [0.25, 0.3) is 0 Å². The second kappa shape index (κ2) is 6.11. The molecule has 2 rings (SSSR count). The Bertz CT molecular complexity index is 519. The summed E-state index contributed by atoms with van der Waals surface area (Å²) in [6.07, 6.45) is 3.79. The number of hydrogen-bond donors (Lipinski definition) is 2. The summed E-state index contributed by atoms with van der Waals surface area (Å²) in [6, 6.07) is 7.10. The van der Waals surface area contributed by atoms with Gasteiger partial charge in [-0.3, -0.25) is 11.3 Å². The lowest BCUT2D eigenvalue weighted by atomic mass is 10.0. The highest BCUT2D eigenvalue weighted by molar-refractivity contribution is 6.35. The minimum Gasteiger partial charge on any atom is -0.271 e. The van der Waals surface area contributed by atoms with Gasteiger partial charge in [0.1, 0.15) is 6.33 Å². The van der Waals surface area contributed by atoms with Crippen molar-refractivity contribution in [3.05, 3.63) is 58.1 Å². The van der Waals surface area contributed by atoms with Gasteiger partial charge in [0.2, 0.25) is 0 Å². The molecule has 0 radical (unpaired) electrons. The summed E-state index contributed by atoms with van der Waals surface area (Å²) < 4.78 is 0. The molecule has 0 amide bonds. The molecular formula is C12H12Cl2N4. The first-order valence-electron chi connectivity index (χ1n) is 5.36. The first-order chi connectivity index (χ1) is 8.70. The molecule has 0 saturated carbocycles. The van der Waals surface area contributed by atoms with Crippen molar-refractivity contribution in [3.63, 3.8) is 0 Å². The number of nitrogens with two attached hydrogens (primary N) is 1. The van der Waals surface area contributed by atoms with Crippen LogP contribution in [0, 0.1) is 0 Å². The first kappa shape index (κ1) is 13.2. The third kappa shape index (κ3) is 3.17. The molecule has 4 nitrogen and oxygen atoms in total. The molecule has 1 aromatic carbocycles. The monoisotopic (exact) mass is 282 g/mol. The van der Waals surface area contributed by atoms with Crippen molar-refractivity contribution in [1.82, 2.24) is 15.4 Å². The van der Waals surface area contributed by atoms with Crippen molar-refractivity contribution >= 4 is 23.2 Å². The second-order valence-electron chi connectivity index (χ2n) is 3.79. The van der Waals surface area contributed by atoms with Crippen LogP contribution >= 0.6 is 23.2 Å². The number of nitrogens with zero attached hydrogens (tertiary/aromatic N) is 2. The zero-order valence-corrected chi connectivity index (χ0v) is 11.0. The topological polar surface area (TPSA) is 63.8 Å². The lowest BCUT2D eigenvalue weighted by Crippen LogP contribution is -2.30. The number of hydrazine groups is 1. The van der Waals surface area contributed by atoms with Gasteiger partial charge in [-0.05, 0) is 30.2 Å². The lowest BCUT2D eigenvalue weighted by Gasteiger charge is -2.15. The third-order valence-corrected chi connectivity index (χ3v) is 3.19. The normalized spacial score (nSPS) is 12.4. The van der Waals surface area contributed by atoms with E-state index in [0.717, 1.165) is 11.3 Å². The Morgan fingerprint density at radius 1 is 1.28 bits per heavy atom. The van der Waals surface area contributed by atoms with Gasteiger partial charge in [-0.1, -0.05) is 29.3 Å². The van der Waals surface area contributed by atoms with E-state index in [9.17, 15) is 0 Å². The van der Waals surface area contributed by atoms with Crippen molar-refractivity contribution in [2.24, 2.45) is 5.84 Å². The van der Waals surface area contributed by atoms with Gasteiger partial charge in [-0.2, -0.15) is 0 Å². The predicted octanol–water partition coefficient (Wildman–Crippen LogP) is 2.53. The van der Waals surface area contributed by atoms with E-state index in [4.69, 9.17) is 29.0 Å². The van der Waals surface area contributed by atoms with E-state index in [1.54, 1.807) is 18.3 Å². The van der Waals surface area contributed by atoms with Crippen LogP contribution in [0.4, 0.5) is 0 Å². The Balaban J connectivity index is 2.21. The fourth-order valence-corrected chi connectivity index (χ4v) is 2.15. The Kier molecular flexibility index (Phi) is 4.49. The number of hydrogen-bond acceptors (Lipinski definition) is 4. The van der Waals surface area contributed by atoms with Crippen LogP contribution in [-0.2, 0) is 6.42 Å². The maximum absolute atomic E-state index is 6.13. The molecule has 18 heavy (non-hydrogen) atoms. The molecule has 0 spiro atoms. The number of halogens is 2. The zero-order chi connectivity index (χ0) is 13.0. The summed E-state index contributed by atoms with van der Waals surface area (Å²) in [5.74, 6) is 5.55. The molecule has 0 aliphatic carbocycles. The number of rotatable bonds is 4. The van der Waals surface area contributed by atoms with Crippen LogP contribution in [0.25, 0.3) is 0 Å². The highest BCUT2D eigenvalue weighted by Crippen LogP contribution is 2.25. The predicted molar refractivity (Wildman–Crippen MR) is 72.3 cm³/mol. The van der Waals surface area contributed by atoms with Crippen LogP contribution in [0.5, 0.6) is 0 Å². The van der Waals surface area contributed by atoms with Crippen molar-refractivity contribution < 1.29 is 0 Å². The molecule has 6 heteroatoms. The third-order valence-electron chi connectivity index (χ3n) is 2.60. The number of nitrogens with one attached hydrogen (secondary N) is 1. The van der Waals surface area contributed by atoms with Gasteiger partial charge in [0, 0.05) is 16.2 Å². The molecule has 3 N–H and O–H groups in total. The van der Waals surface area contributed by atoms with Crippen LogP contribution in [0.3, 0.4) is 0 Å². The van der Waals surface area contributed by atoms with E-state index in [1.807, 2.05) is 12.1 Å². The Labute approximate surface area is 115 Å². The van der Waals surface area contributed by atoms with Crippen molar-refractivity contribution in [3.8, 4) is 0 Å². The minimum absolute atomic E-state index is 0.119. The molecule has 0 fully saturated rings. The first-order valence-corrected chi connectivity index (χ1v) is 6.12. The molecule has 1 unspecified atom stereocenters. The van der Waals surface area contributed by atoms with Crippen LogP contribution in [0.2, 0.25) is 10.0 Å². The maximum atomic E-state index is 6.13. The molecule has 1 heterocycles. The molecule has 1 atom stereocenters. The van der Waals surface area contributed by atoms with Gasteiger partial charge in [-0.25, -0.2) is 9.97 Å². The summed E-state index contributed by atoms with van der Waals surface area (Å²) in [7, 11) is 0. The highest BCUT2D eigenvalue weighted by atomic mass is 35.5. The fraction of sp³-hybridized carbons (Fsp3) is 0.167. The van der Waals surface area contributed by atoms with Crippen LogP contribution in [0.15, 0.2) is 36.8 Å². The summed E-state index contributed by atoms with van der Waals surface area (Å²) in [5.41, 5.74) is 4.51. The largest absolute Gasteiger partial charge is 0.271 e. The summed E-state index contributed by atoms with van der Waals surface area (Å²) in [5, 5.41) is 1.24. The molecule has 0 saturated heterocycles. The average Bonchev–Trinajstić information content (AvgIpc) is 2.39. The minimum atomic E-state index is -0.119. The highest BCUT2D eigenvalue weighted by Gasteiger charge is 2.13. The number of aromatic nitrogens is 2. The summed E-state index contributed by atoms with van der Waals surface area (Å²) in [6.45, 7) is 0. The van der Waals surface area contributed by atoms with Crippen molar-refractivity contribution in [1.29, 1.82) is 0 Å². The van der Waals surface area contributed by atoms with Crippen LogP contribution in [-0.4, -0.2) is 9.97 Å². The van der Waals surface area contributed by atoms with E-state index in [-0.39, 0.29) is 6.04 Å². The Morgan fingerprint density at radius 2 is 2.11 bits per heavy atom. The molecule has 1 aromatic heterocycles. The van der Waals surface area contributed by atoms with Crippen molar-refractivity contribution in [2.75, 3.05) is 0 Å². The van der Waals surface area contributed by atoms with Gasteiger partial charge in [0.05, 0.1) is 11.7 Å². The lowest BCUT2D eigenvalue weighted by molar-refractivity contribution is 0.537. The standard InChI is InChI=1S/C12H12Cl2N4/c13-9-2-1-8(10(14)6-9)5-12(18-15)11-3-4-16-7-17-11/h1-4,6-7,12,18H,5,15H2. The van der Waals surface area contributed by atoms with E-state index < -0.39 is 0 Å². The van der Waals surface area contributed by atoms with Gasteiger partial charge in [0.15, 0.2) is 0 Å². The maximum Gasteiger partial charge on any atom is 0.115 e. The quantitative estimate of drug-likeness (QED) is 0.668. The molecule has 0 aliphatic heterocycles. The zero-order valence-electron chi connectivity index (χ0n) is 9.48. The molecule has 0 aliphatic rings. The smallest absolute Gasteiger partial charge is 0.115 e. The summed E-state index contributed by atoms with van der Waals surface area (Å²) >= 11 is 12.0. The van der Waals surface area contributed by atoms with Gasteiger partial charge >= 0.3 is 0 Å². The van der Waals surface area contributed by atoms with E-state index >= 15 is 0 Å². The Hall–Kier alpha value is -1.20. The second-order valence-corrected chi connectivity index (χ2v) is 4.64. The molecule has 94 valence electrons.